The van der Waals surface area contributed by atoms with Gasteiger partial charge in [-0.1, -0.05) is 78.3 Å². The summed E-state index contributed by atoms with van der Waals surface area (Å²) >= 11 is 6.15. The van der Waals surface area contributed by atoms with Crippen LogP contribution in [0, 0.1) is 0 Å². The third-order valence-electron chi connectivity index (χ3n) is 5.54. The van der Waals surface area contributed by atoms with E-state index in [1.165, 1.54) is 18.2 Å². The van der Waals surface area contributed by atoms with Gasteiger partial charge in [-0.2, -0.15) is 0 Å². The Hall–Kier alpha value is -3.25. The molecule has 0 spiro atoms. The van der Waals surface area contributed by atoms with Crippen molar-refractivity contribution in [3.63, 3.8) is 0 Å². The summed E-state index contributed by atoms with van der Waals surface area (Å²) in [7, 11) is -7.85. The Kier molecular flexibility index (Phi) is 8.28. The number of nitrogens with one attached hydrogen (secondary N) is 2. The summed E-state index contributed by atoms with van der Waals surface area (Å²) < 4.78 is 57.3. The van der Waals surface area contributed by atoms with Gasteiger partial charge in [0, 0.05) is 18.1 Å². The molecule has 192 valence electrons. The van der Waals surface area contributed by atoms with Crippen molar-refractivity contribution in [2.45, 2.75) is 22.9 Å². The van der Waals surface area contributed by atoms with Crippen molar-refractivity contribution in [1.82, 2.24) is 9.44 Å². The molecular weight excluding hydrogens is 532 g/mol. The zero-order valence-corrected chi connectivity index (χ0v) is 22.0. The molecule has 4 aromatic carbocycles. The molecule has 0 bridgehead atoms. The summed E-state index contributed by atoms with van der Waals surface area (Å²) in [6.45, 7) is 0.111. The molecule has 0 fully saturated rings. The fraction of sp³-hybridized carbons (Fsp3) is 0.0769. The second-order valence-corrected chi connectivity index (χ2v) is 12.0. The number of rotatable bonds is 10. The van der Waals surface area contributed by atoms with E-state index >= 15 is 0 Å². The maximum atomic E-state index is 13.2. The monoisotopic (exact) mass is 556 g/mol. The standard InChI is InChI=1S/C26H25ClN4O4S2/c27-24-14-5-4-11-21(24)19-30-37(34,35)26-16-7-6-15-25(26)31(28)22-12-8-13-23(17-22)36(32,33)29-18-20-9-2-1-3-10-20/h1-17,29-30H,18-19,28H2. The van der Waals surface area contributed by atoms with E-state index < -0.39 is 20.0 Å². The van der Waals surface area contributed by atoms with Gasteiger partial charge in [0.15, 0.2) is 0 Å². The van der Waals surface area contributed by atoms with Gasteiger partial charge in [0.05, 0.1) is 16.3 Å². The second-order valence-electron chi connectivity index (χ2n) is 8.06. The van der Waals surface area contributed by atoms with Gasteiger partial charge >= 0.3 is 0 Å². The molecule has 0 saturated heterocycles. The first-order valence-corrected chi connectivity index (χ1v) is 14.5. The lowest BCUT2D eigenvalue weighted by Gasteiger charge is -2.22. The summed E-state index contributed by atoms with van der Waals surface area (Å²) in [5.74, 6) is 6.33. The van der Waals surface area contributed by atoms with Crippen LogP contribution >= 0.6 is 11.6 Å². The molecule has 0 unspecified atom stereocenters. The number of hydrazine groups is 1. The van der Waals surface area contributed by atoms with Crippen LogP contribution in [0.25, 0.3) is 0 Å². The molecule has 0 heterocycles. The summed E-state index contributed by atoms with van der Waals surface area (Å²) in [6, 6.07) is 28.2. The summed E-state index contributed by atoms with van der Waals surface area (Å²) in [5, 5.41) is 1.58. The van der Waals surface area contributed by atoms with Crippen molar-refractivity contribution in [1.29, 1.82) is 0 Å². The Balaban J connectivity index is 1.57. The molecule has 0 aliphatic heterocycles. The van der Waals surface area contributed by atoms with Gasteiger partial charge < -0.3 is 0 Å². The minimum absolute atomic E-state index is 0.00596. The van der Waals surface area contributed by atoms with Crippen LogP contribution < -0.4 is 20.3 Å². The lowest BCUT2D eigenvalue weighted by molar-refractivity contribution is 0.579. The van der Waals surface area contributed by atoms with Gasteiger partial charge in [-0.25, -0.2) is 32.1 Å². The number of halogens is 1. The first kappa shape index (κ1) is 26.8. The number of sulfonamides is 2. The number of nitrogens with zero attached hydrogens (tertiary/aromatic N) is 1. The van der Waals surface area contributed by atoms with Crippen molar-refractivity contribution in [2.24, 2.45) is 5.84 Å². The summed E-state index contributed by atoms with van der Waals surface area (Å²) in [5.41, 5.74) is 1.89. The lowest BCUT2D eigenvalue weighted by atomic mass is 10.2. The van der Waals surface area contributed by atoms with E-state index in [1.54, 1.807) is 54.6 Å². The molecule has 0 aliphatic rings. The lowest BCUT2D eigenvalue weighted by Crippen LogP contribution is -2.30. The van der Waals surface area contributed by atoms with Gasteiger partial charge in [0.25, 0.3) is 0 Å². The Bertz CT molecular complexity index is 1600. The quantitative estimate of drug-likeness (QED) is 0.198. The van der Waals surface area contributed by atoms with E-state index in [2.05, 4.69) is 9.44 Å². The number of para-hydroxylation sites is 1. The Morgan fingerprint density at radius 1 is 0.703 bits per heavy atom. The van der Waals surface area contributed by atoms with Crippen LogP contribution in [0.4, 0.5) is 11.4 Å². The molecule has 0 aromatic heterocycles. The molecule has 4 aromatic rings. The molecule has 0 saturated carbocycles. The van der Waals surface area contributed by atoms with Crippen molar-refractivity contribution < 1.29 is 16.8 Å². The molecule has 4 rings (SSSR count). The molecule has 11 heteroatoms. The largest absolute Gasteiger partial charge is 0.278 e. The Morgan fingerprint density at radius 3 is 2.11 bits per heavy atom. The summed E-state index contributed by atoms with van der Waals surface area (Å²) in [6.07, 6.45) is 0. The zero-order chi connectivity index (χ0) is 26.5. The van der Waals surface area contributed by atoms with E-state index in [9.17, 15) is 16.8 Å². The highest BCUT2D eigenvalue weighted by Gasteiger charge is 2.23. The highest BCUT2D eigenvalue weighted by molar-refractivity contribution is 7.89. The van der Waals surface area contributed by atoms with Crippen molar-refractivity contribution in [3.05, 3.63) is 119 Å². The van der Waals surface area contributed by atoms with Crippen LogP contribution in [0.3, 0.4) is 0 Å². The maximum Gasteiger partial charge on any atom is 0.243 e. The fourth-order valence-corrected chi connectivity index (χ4v) is 6.03. The third-order valence-corrected chi connectivity index (χ3v) is 8.76. The van der Waals surface area contributed by atoms with Crippen molar-refractivity contribution in [2.75, 3.05) is 5.01 Å². The highest BCUT2D eigenvalue weighted by Crippen LogP contribution is 2.30. The van der Waals surface area contributed by atoms with Crippen LogP contribution in [0.15, 0.2) is 113 Å². The van der Waals surface area contributed by atoms with Gasteiger partial charge in [-0.15, -0.1) is 0 Å². The average molecular weight is 557 g/mol. The first-order valence-electron chi connectivity index (χ1n) is 11.2. The van der Waals surface area contributed by atoms with E-state index in [1.807, 2.05) is 30.3 Å². The van der Waals surface area contributed by atoms with E-state index in [-0.39, 0.29) is 34.3 Å². The van der Waals surface area contributed by atoms with Crippen LogP contribution in [0.2, 0.25) is 5.02 Å². The SMILES string of the molecule is NN(c1cccc(S(=O)(=O)NCc2ccccc2)c1)c1ccccc1S(=O)(=O)NCc1ccccc1Cl. The van der Waals surface area contributed by atoms with Crippen LogP contribution in [0.1, 0.15) is 11.1 Å². The second kappa shape index (κ2) is 11.4. The number of anilines is 2. The Morgan fingerprint density at radius 2 is 1.35 bits per heavy atom. The van der Waals surface area contributed by atoms with Gasteiger partial charge in [-0.05, 0) is 47.5 Å². The minimum atomic E-state index is -4.00. The molecule has 8 nitrogen and oxygen atoms in total. The van der Waals surface area contributed by atoms with Crippen LogP contribution in [0.5, 0.6) is 0 Å². The normalized spacial score (nSPS) is 11.8. The first-order chi connectivity index (χ1) is 17.7. The predicted molar refractivity (Wildman–Crippen MR) is 145 cm³/mol. The fourth-order valence-electron chi connectivity index (χ4n) is 3.57. The molecule has 0 atom stereocenters. The van der Waals surface area contributed by atoms with Gasteiger partial charge in [0.1, 0.15) is 4.90 Å². The maximum absolute atomic E-state index is 13.2. The third kappa shape index (κ3) is 6.55. The smallest absolute Gasteiger partial charge is 0.243 e. The number of nitrogens with two attached hydrogens (primary N) is 1. The summed E-state index contributed by atoms with van der Waals surface area (Å²) in [4.78, 5) is -0.0754. The van der Waals surface area contributed by atoms with Crippen LogP contribution in [-0.2, 0) is 33.1 Å². The topological polar surface area (TPSA) is 122 Å². The van der Waals surface area contributed by atoms with E-state index in [4.69, 9.17) is 17.4 Å². The van der Waals surface area contributed by atoms with Crippen LogP contribution in [-0.4, -0.2) is 16.8 Å². The zero-order valence-electron chi connectivity index (χ0n) is 19.6. The molecular formula is C26H25ClN4O4S2. The average Bonchev–Trinajstić information content (AvgIpc) is 2.92. The molecule has 0 radical (unpaired) electrons. The number of hydrogen-bond donors (Lipinski definition) is 3. The molecule has 37 heavy (non-hydrogen) atoms. The Labute approximate surface area is 221 Å². The van der Waals surface area contributed by atoms with E-state index in [0.717, 1.165) is 10.6 Å². The van der Waals surface area contributed by atoms with Crippen molar-refractivity contribution in [3.8, 4) is 0 Å². The van der Waals surface area contributed by atoms with Gasteiger partial charge in [0.2, 0.25) is 20.0 Å². The molecule has 0 aliphatic carbocycles. The minimum Gasteiger partial charge on any atom is -0.278 e. The number of hydrogen-bond acceptors (Lipinski definition) is 6. The predicted octanol–water partition coefficient (Wildman–Crippen LogP) is 4.31. The van der Waals surface area contributed by atoms with Crippen molar-refractivity contribution >= 4 is 43.0 Å². The molecule has 4 N–H and O–H groups in total. The number of benzene rings is 4. The van der Waals surface area contributed by atoms with Gasteiger partial charge in [-0.3, -0.25) is 5.01 Å². The highest BCUT2D eigenvalue weighted by atomic mass is 35.5. The van der Waals surface area contributed by atoms with E-state index in [0.29, 0.717) is 10.6 Å². The molecule has 0 amide bonds.